The van der Waals surface area contributed by atoms with Crippen molar-refractivity contribution in [3.8, 4) is 17.2 Å². The number of likely N-dealkylation sites (N-methyl/N-ethyl adjacent to an activating group) is 1. The first-order valence-electron chi connectivity index (χ1n) is 9.16. The van der Waals surface area contributed by atoms with Gasteiger partial charge in [0, 0.05) is 7.05 Å². The lowest BCUT2D eigenvalue weighted by Gasteiger charge is -2.13. The third kappa shape index (κ3) is 4.66. The van der Waals surface area contributed by atoms with Crippen molar-refractivity contribution < 1.29 is 28.5 Å². The van der Waals surface area contributed by atoms with E-state index in [2.05, 4.69) is 4.99 Å². The molecule has 3 rings (SSSR count). The van der Waals surface area contributed by atoms with E-state index in [0.717, 1.165) is 5.56 Å². The summed E-state index contributed by atoms with van der Waals surface area (Å²) in [6.07, 6.45) is 1.75. The predicted octanol–water partition coefficient (Wildman–Crippen LogP) is 3.73. The lowest BCUT2D eigenvalue weighted by atomic mass is 10.1. The van der Waals surface area contributed by atoms with Crippen molar-refractivity contribution in [2.24, 2.45) is 4.99 Å². The summed E-state index contributed by atoms with van der Waals surface area (Å²) < 4.78 is 20.8. The molecule has 0 N–H and O–H groups in total. The van der Waals surface area contributed by atoms with Gasteiger partial charge in [-0.25, -0.2) is 9.79 Å². The second-order valence-electron chi connectivity index (χ2n) is 6.37. The number of methoxy groups -OCH3 is 4. The standard InChI is InChI=1S/C22H22N2O6S/c1-24-20(25)18(12-13-10-16(27-2)19(29-4)17(11-13)28-3)31-22(24)23-15-8-6-14(7-9-15)21(26)30-5/h6-12H,1-5H3. The Labute approximate surface area is 184 Å². The Morgan fingerprint density at radius 2 is 1.61 bits per heavy atom. The molecule has 1 amide bonds. The molecule has 0 unspecified atom stereocenters. The summed E-state index contributed by atoms with van der Waals surface area (Å²) in [4.78, 5) is 30.8. The number of esters is 1. The van der Waals surface area contributed by atoms with E-state index in [1.807, 2.05) is 0 Å². The topological polar surface area (TPSA) is 86.7 Å². The Balaban J connectivity index is 1.90. The Bertz CT molecular complexity index is 1040. The summed E-state index contributed by atoms with van der Waals surface area (Å²) in [5.74, 6) is 0.877. The number of hydrogen-bond donors (Lipinski definition) is 0. The number of hydrogen-bond acceptors (Lipinski definition) is 8. The van der Waals surface area contributed by atoms with Crippen LogP contribution >= 0.6 is 11.8 Å². The quantitative estimate of drug-likeness (QED) is 0.498. The second-order valence-corrected chi connectivity index (χ2v) is 7.38. The molecule has 31 heavy (non-hydrogen) atoms. The Morgan fingerprint density at radius 1 is 1.00 bits per heavy atom. The molecule has 1 aliphatic rings. The summed E-state index contributed by atoms with van der Waals surface area (Å²) in [6, 6.07) is 10.2. The Morgan fingerprint density at radius 3 is 2.13 bits per heavy atom. The summed E-state index contributed by atoms with van der Waals surface area (Å²) in [7, 11) is 7.59. The average Bonchev–Trinajstić information content (AvgIpc) is 3.05. The SMILES string of the molecule is COC(=O)c1ccc(N=C2SC(=Cc3cc(OC)c(OC)c(OC)c3)C(=O)N2C)cc1. The van der Waals surface area contributed by atoms with Crippen LogP contribution in [0, 0.1) is 0 Å². The molecule has 0 aliphatic carbocycles. The second kappa shape index (κ2) is 9.57. The fourth-order valence-electron chi connectivity index (χ4n) is 2.89. The van der Waals surface area contributed by atoms with E-state index < -0.39 is 5.97 Å². The van der Waals surface area contributed by atoms with Gasteiger partial charge in [0.05, 0.1) is 44.6 Å². The minimum atomic E-state index is -0.419. The number of thioether (sulfide) groups is 1. The lowest BCUT2D eigenvalue weighted by molar-refractivity contribution is -0.121. The molecule has 0 spiro atoms. The van der Waals surface area contributed by atoms with Crippen LogP contribution in [0.1, 0.15) is 15.9 Å². The van der Waals surface area contributed by atoms with Gasteiger partial charge in [-0.15, -0.1) is 0 Å². The largest absolute Gasteiger partial charge is 0.493 e. The number of carbonyl (C=O) groups excluding carboxylic acids is 2. The van der Waals surface area contributed by atoms with E-state index in [9.17, 15) is 9.59 Å². The first-order chi connectivity index (χ1) is 14.9. The fraction of sp³-hybridized carbons (Fsp3) is 0.227. The predicted molar refractivity (Wildman–Crippen MR) is 119 cm³/mol. The molecule has 1 saturated heterocycles. The van der Waals surface area contributed by atoms with E-state index in [4.69, 9.17) is 18.9 Å². The fourth-order valence-corrected chi connectivity index (χ4v) is 3.87. The third-order valence-electron chi connectivity index (χ3n) is 4.50. The molecular formula is C22H22N2O6S. The zero-order valence-corrected chi connectivity index (χ0v) is 18.6. The zero-order valence-electron chi connectivity index (χ0n) is 17.8. The number of nitrogens with zero attached hydrogens (tertiary/aromatic N) is 2. The lowest BCUT2D eigenvalue weighted by Crippen LogP contribution is -2.23. The van der Waals surface area contributed by atoms with Crippen LogP contribution < -0.4 is 14.2 Å². The van der Waals surface area contributed by atoms with Gasteiger partial charge in [-0.05, 0) is 59.8 Å². The number of amidine groups is 1. The minimum absolute atomic E-state index is 0.177. The maximum atomic E-state index is 12.7. The summed E-state index contributed by atoms with van der Waals surface area (Å²) in [5, 5.41) is 0.523. The molecule has 2 aromatic carbocycles. The normalized spacial score (nSPS) is 16.0. The van der Waals surface area contributed by atoms with Gasteiger partial charge >= 0.3 is 5.97 Å². The van der Waals surface area contributed by atoms with E-state index in [0.29, 0.717) is 38.6 Å². The van der Waals surface area contributed by atoms with Crippen LogP contribution in [0.4, 0.5) is 5.69 Å². The van der Waals surface area contributed by atoms with Gasteiger partial charge in [-0.3, -0.25) is 9.69 Å². The third-order valence-corrected chi connectivity index (χ3v) is 5.56. The van der Waals surface area contributed by atoms with Crippen molar-refractivity contribution in [1.82, 2.24) is 4.90 Å². The molecule has 0 bridgehead atoms. The van der Waals surface area contributed by atoms with Gasteiger partial charge < -0.3 is 18.9 Å². The highest BCUT2D eigenvalue weighted by Gasteiger charge is 2.30. The van der Waals surface area contributed by atoms with E-state index in [1.54, 1.807) is 49.5 Å². The van der Waals surface area contributed by atoms with Crippen LogP contribution in [0.5, 0.6) is 17.2 Å². The number of ether oxygens (including phenoxy) is 4. The Hall–Kier alpha value is -3.46. The minimum Gasteiger partial charge on any atom is -0.493 e. The number of rotatable bonds is 6. The molecule has 162 valence electrons. The number of carbonyl (C=O) groups is 2. The highest BCUT2D eigenvalue weighted by atomic mass is 32.2. The first-order valence-corrected chi connectivity index (χ1v) is 9.98. The number of benzene rings is 2. The maximum absolute atomic E-state index is 12.7. The monoisotopic (exact) mass is 442 g/mol. The van der Waals surface area contributed by atoms with Gasteiger partial charge in [0.1, 0.15) is 0 Å². The summed E-state index contributed by atoms with van der Waals surface area (Å²) in [5.41, 5.74) is 1.77. The molecule has 0 saturated carbocycles. The molecular weight excluding hydrogens is 420 g/mol. The molecule has 1 aliphatic heterocycles. The van der Waals surface area contributed by atoms with Gasteiger partial charge in [-0.2, -0.15) is 0 Å². The van der Waals surface area contributed by atoms with E-state index in [1.165, 1.54) is 45.1 Å². The average molecular weight is 442 g/mol. The van der Waals surface area contributed by atoms with Crippen molar-refractivity contribution in [3.63, 3.8) is 0 Å². The van der Waals surface area contributed by atoms with Crippen molar-refractivity contribution in [3.05, 3.63) is 52.4 Å². The highest BCUT2D eigenvalue weighted by molar-refractivity contribution is 8.18. The number of aliphatic imine (C=N–C) groups is 1. The van der Waals surface area contributed by atoms with Crippen molar-refractivity contribution in [2.75, 3.05) is 35.5 Å². The van der Waals surface area contributed by atoms with Crippen LogP contribution in [0.3, 0.4) is 0 Å². The zero-order chi connectivity index (χ0) is 22.5. The van der Waals surface area contributed by atoms with Crippen molar-refractivity contribution in [1.29, 1.82) is 0 Å². The summed E-state index contributed by atoms with van der Waals surface area (Å²) in [6.45, 7) is 0. The molecule has 2 aromatic rings. The van der Waals surface area contributed by atoms with Crippen LogP contribution in [-0.4, -0.2) is 57.4 Å². The van der Waals surface area contributed by atoms with E-state index >= 15 is 0 Å². The smallest absolute Gasteiger partial charge is 0.337 e. The Kier molecular flexibility index (Phi) is 6.86. The summed E-state index contributed by atoms with van der Waals surface area (Å²) >= 11 is 1.25. The highest BCUT2D eigenvalue weighted by Crippen LogP contribution is 2.40. The van der Waals surface area contributed by atoms with Crippen LogP contribution in [0.15, 0.2) is 46.3 Å². The molecule has 0 aromatic heterocycles. The molecule has 1 fully saturated rings. The molecule has 8 nitrogen and oxygen atoms in total. The van der Waals surface area contributed by atoms with Crippen LogP contribution in [0.25, 0.3) is 6.08 Å². The van der Waals surface area contributed by atoms with Crippen molar-refractivity contribution in [2.45, 2.75) is 0 Å². The number of amides is 1. The maximum Gasteiger partial charge on any atom is 0.337 e. The van der Waals surface area contributed by atoms with E-state index in [-0.39, 0.29) is 5.91 Å². The van der Waals surface area contributed by atoms with Gasteiger partial charge in [-0.1, -0.05) is 0 Å². The van der Waals surface area contributed by atoms with Crippen LogP contribution in [-0.2, 0) is 9.53 Å². The van der Waals surface area contributed by atoms with Crippen LogP contribution in [0.2, 0.25) is 0 Å². The molecule has 0 radical (unpaired) electrons. The molecule has 0 atom stereocenters. The van der Waals surface area contributed by atoms with Gasteiger partial charge in [0.2, 0.25) is 5.75 Å². The first kappa shape index (κ1) is 22.2. The van der Waals surface area contributed by atoms with Crippen molar-refractivity contribution >= 4 is 40.6 Å². The molecule has 9 heteroatoms. The molecule has 1 heterocycles. The van der Waals surface area contributed by atoms with Gasteiger partial charge in [0.25, 0.3) is 5.91 Å². The van der Waals surface area contributed by atoms with Gasteiger partial charge in [0.15, 0.2) is 16.7 Å².